The lowest BCUT2D eigenvalue weighted by Gasteiger charge is -2.35. The van der Waals surface area contributed by atoms with Crippen molar-refractivity contribution in [3.8, 4) is 0 Å². The zero-order chi connectivity index (χ0) is 11.5. The highest BCUT2D eigenvalue weighted by Crippen LogP contribution is 2.21. The Bertz CT molecular complexity index is 246. The maximum atomic E-state index is 10.8. The SMILES string of the molecule is C=CC(=O)OCC[N+](C)(C)C(C)C1CO1. The number of likely N-dealkylation sites (N-methyl/N-ethyl adjacent to an activating group) is 1. The van der Waals surface area contributed by atoms with Crippen LogP contribution in [0.2, 0.25) is 0 Å². The number of hydrogen-bond donors (Lipinski definition) is 0. The van der Waals surface area contributed by atoms with Gasteiger partial charge in [0.1, 0.15) is 25.3 Å². The Labute approximate surface area is 91.1 Å². The van der Waals surface area contributed by atoms with Crippen LogP contribution in [0.5, 0.6) is 0 Å². The van der Waals surface area contributed by atoms with E-state index in [0.29, 0.717) is 18.8 Å². The molecular formula is C11H20NO3+. The summed E-state index contributed by atoms with van der Waals surface area (Å²) in [6, 6.07) is 0.437. The predicted molar refractivity (Wildman–Crippen MR) is 57.3 cm³/mol. The standard InChI is InChI=1S/C11H20NO3/c1-5-11(13)14-7-6-12(3,4)9(2)10-8-15-10/h5,9-10H,1,6-8H2,2-4H3/q+1. The summed E-state index contributed by atoms with van der Waals surface area (Å²) in [6.07, 6.45) is 1.56. The Morgan fingerprint density at radius 1 is 1.73 bits per heavy atom. The molecule has 15 heavy (non-hydrogen) atoms. The molecule has 0 aromatic heterocycles. The third kappa shape index (κ3) is 3.64. The zero-order valence-electron chi connectivity index (χ0n) is 9.73. The maximum absolute atomic E-state index is 10.8. The van der Waals surface area contributed by atoms with Crippen LogP contribution >= 0.6 is 0 Å². The molecule has 0 saturated carbocycles. The molecule has 0 bridgehead atoms. The van der Waals surface area contributed by atoms with Crippen molar-refractivity contribution in [3.63, 3.8) is 0 Å². The average Bonchev–Trinajstić information content (AvgIpc) is 2.99. The molecular weight excluding hydrogens is 194 g/mol. The second kappa shape index (κ2) is 4.77. The molecule has 4 heteroatoms. The largest absolute Gasteiger partial charge is 0.457 e. The van der Waals surface area contributed by atoms with Crippen LogP contribution < -0.4 is 0 Å². The van der Waals surface area contributed by atoms with Gasteiger partial charge in [-0.1, -0.05) is 6.58 Å². The molecule has 0 aromatic rings. The first-order valence-electron chi connectivity index (χ1n) is 5.21. The highest BCUT2D eigenvalue weighted by Gasteiger charge is 2.39. The minimum Gasteiger partial charge on any atom is -0.457 e. The van der Waals surface area contributed by atoms with Crippen LogP contribution in [0, 0.1) is 0 Å². The van der Waals surface area contributed by atoms with Gasteiger partial charge in [0.25, 0.3) is 0 Å². The maximum Gasteiger partial charge on any atom is 0.330 e. The van der Waals surface area contributed by atoms with E-state index in [1.165, 1.54) is 6.08 Å². The molecule has 2 unspecified atom stereocenters. The molecule has 0 amide bonds. The summed E-state index contributed by atoms with van der Waals surface area (Å²) in [5, 5.41) is 0. The minimum absolute atomic E-state index is 0.356. The van der Waals surface area contributed by atoms with Crippen LogP contribution in [0.25, 0.3) is 0 Å². The van der Waals surface area contributed by atoms with E-state index in [1.54, 1.807) is 0 Å². The third-order valence-electron chi connectivity index (χ3n) is 3.08. The van der Waals surface area contributed by atoms with E-state index in [9.17, 15) is 4.79 Å². The fourth-order valence-electron chi connectivity index (χ4n) is 1.43. The Morgan fingerprint density at radius 2 is 2.33 bits per heavy atom. The first-order chi connectivity index (χ1) is 6.97. The number of nitrogens with zero attached hydrogens (tertiary/aromatic N) is 1. The number of rotatable bonds is 6. The van der Waals surface area contributed by atoms with Crippen molar-refractivity contribution in [1.82, 2.24) is 0 Å². The molecule has 0 spiro atoms. The van der Waals surface area contributed by atoms with Gasteiger partial charge in [0.05, 0.1) is 20.7 Å². The molecule has 0 radical (unpaired) electrons. The highest BCUT2D eigenvalue weighted by molar-refractivity contribution is 5.81. The smallest absolute Gasteiger partial charge is 0.330 e. The number of carbonyl (C=O) groups excluding carboxylic acids is 1. The van der Waals surface area contributed by atoms with Crippen molar-refractivity contribution < 1.29 is 18.8 Å². The molecule has 1 aliphatic heterocycles. The van der Waals surface area contributed by atoms with E-state index in [4.69, 9.17) is 9.47 Å². The Morgan fingerprint density at radius 3 is 2.80 bits per heavy atom. The van der Waals surface area contributed by atoms with E-state index >= 15 is 0 Å². The van der Waals surface area contributed by atoms with E-state index in [1.807, 2.05) is 0 Å². The molecule has 1 aliphatic rings. The summed E-state index contributed by atoms with van der Waals surface area (Å²) in [5.41, 5.74) is 0. The summed E-state index contributed by atoms with van der Waals surface area (Å²) >= 11 is 0. The highest BCUT2D eigenvalue weighted by atomic mass is 16.6. The molecule has 1 fully saturated rings. The van der Waals surface area contributed by atoms with E-state index in [2.05, 4.69) is 27.6 Å². The van der Waals surface area contributed by atoms with Crippen LogP contribution in [-0.2, 0) is 14.3 Å². The third-order valence-corrected chi connectivity index (χ3v) is 3.08. The number of esters is 1. The quantitative estimate of drug-likeness (QED) is 0.281. The van der Waals surface area contributed by atoms with Gasteiger partial charge in [-0.15, -0.1) is 0 Å². The summed E-state index contributed by atoms with van der Waals surface area (Å²) in [4.78, 5) is 10.8. The van der Waals surface area contributed by atoms with Gasteiger partial charge < -0.3 is 14.0 Å². The Hall–Kier alpha value is -0.870. The van der Waals surface area contributed by atoms with Crippen LogP contribution in [0.3, 0.4) is 0 Å². The van der Waals surface area contributed by atoms with Gasteiger partial charge in [-0.25, -0.2) is 4.79 Å². The van der Waals surface area contributed by atoms with Crippen LogP contribution in [0.4, 0.5) is 0 Å². The lowest BCUT2D eigenvalue weighted by Crippen LogP contribution is -2.51. The lowest BCUT2D eigenvalue weighted by atomic mass is 10.2. The molecule has 0 N–H and O–H groups in total. The molecule has 86 valence electrons. The van der Waals surface area contributed by atoms with Gasteiger partial charge in [-0.05, 0) is 6.92 Å². The van der Waals surface area contributed by atoms with Crippen molar-refractivity contribution in [3.05, 3.63) is 12.7 Å². The van der Waals surface area contributed by atoms with Gasteiger partial charge in [0.2, 0.25) is 0 Å². The molecule has 1 rings (SSSR count). The summed E-state index contributed by atoms with van der Waals surface area (Å²) in [6.45, 7) is 7.58. The number of carbonyl (C=O) groups is 1. The van der Waals surface area contributed by atoms with Crippen LogP contribution in [0.15, 0.2) is 12.7 Å². The monoisotopic (exact) mass is 214 g/mol. The summed E-state index contributed by atoms with van der Waals surface area (Å²) < 4.78 is 11.0. The lowest BCUT2D eigenvalue weighted by molar-refractivity contribution is -0.913. The summed E-state index contributed by atoms with van der Waals surface area (Å²) in [5.74, 6) is -0.356. The van der Waals surface area contributed by atoms with Gasteiger partial charge in [0, 0.05) is 6.08 Å². The van der Waals surface area contributed by atoms with Gasteiger partial charge in [-0.2, -0.15) is 0 Å². The van der Waals surface area contributed by atoms with Gasteiger partial charge in [-0.3, -0.25) is 0 Å². The van der Waals surface area contributed by atoms with E-state index in [0.717, 1.165) is 17.6 Å². The average molecular weight is 214 g/mol. The second-order valence-electron chi connectivity index (χ2n) is 4.49. The first-order valence-corrected chi connectivity index (χ1v) is 5.21. The molecule has 0 aromatic carbocycles. The van der Waals surface area contributed by atoms with Crippen molar-refractivity contribution >= 4 is 5.97 Å². The Kier molecular flexibility index (Phi) is 3.88. The number of quaternary nitrogens is 1. The van der Waals surface area contributed by atoms with Gasteiger partial charge >= 0.3 is 5.97 Å². The first kappa shape index (κ1) is 12.2. The minimum atomic E-state index is -0.356. The fraction of sp³-hybridized carbons (Fsp3) is 0.727. The van der Waals surface area contributed by atoms with Crippen molar-refractivity contribution in [1.29, 1.82) is 0 Å². The molecule has 0 aliphatic carbocycles. The van der Waals surface area contributed by atoms with E-state index < -0.39 is 0 Å². The molecule has 1 heterocycles. The van der Waals surface area contributed by atoms with Crippen LogP contribution in [-0.4, -0.2) is 56.5 Å². The van der Waals surface area contributed by atoms with Crippen molar-refractivity contribution in [2.24, 2.45) is 0 Å². The van der Waals surface area contributed by atoms with Crippen molar-refractivity contribution in [2.75, 3.05) is 33.9 Å². The normalized spacial score (nSPS) is 21.9. The number of epoxide rings is 1. The zero-order valence-corrected chi connectivity index (χ0v) is 9.73. The number of hydrogen-bond acceptors (Lipinski definition) is 3. The fourth-order valence-corrected chi connectivity index (χ4v) is 1.43. The topological polar surface area (TPSA) is 38.8 Å². The van der Waals surface area contributed by atoms with Crippen LogP contribution in [0.1, 0.15) is 6.92 Å². The number of ether oxygens (including phenoxy) is 2. The van der Waals surface area contributed by atoms with Crippen molar-refractivity contribution in [2.45, 2.75) is 19.1 Å². The summed E-state index contributed by atoms with van der Waals surface area (Å²) in [7, 11) is 4.24. The second-order valence-corrected chi connectivity index (χ2v) is 4.49. The predicted octanol–water partition coefficient (Wildman–Crippen LogP) is 0.579. The molecule has 1 saturated heterocycles. The van der Waals surface area contributed by atoms with E-state index in [-0.39, 0.29) is 5.97 Å². The van der Waals surface area contributed by atoms with Gasteiger partial charge in [0.15, 0.2) is 0 Å². The molecule has 4 nitrogen and oxygen atoms in total. The Balaban J connectivity index is 2.28. The molecule has 2 atom stereocenters.